The number of Topliss-reactive ketones (excluding diaryl/α,β-unsaturated/α-hetero) is 1. The molecule has 0 fully saturated rings. The second-order valence-electron chi connectivity index (χ2n) is 6.44. The molecular formula is C17H14N4O11S2. The van der Waals surface area contributed by atoms with Crippen LogP contribution in [0.3, 0.4) is 0 Å². The van der Waals surface area contributed by atoms with Crippen molar-refractivity contribution in [3.8, 4) is 0 Å². The van der Waals surface area contributed by atoms with Crippen molar-refractivity contribution in [2.45, 2.75) is 22.8 Å². The van der Waals surface area contributed by atoms with Crippen molar-refractivity contribution in [2.24, 2.45) is 10.2 Å². The minimum atomic E-state index is -5.02. The number of non-ortho nitro benzene ring substituents is 1. The van der Waals surface area contributed by atoms with Gasteiger partial charge in [0.25, 0.3) is 31.8 Å². The fraction of sp³-hybridized carbons (Fsp3) is 0.118. The van der Waals surface area contributed by atoms with Gasteiger partial charge in [-0.3, -0.25) is 33.6 Å². The van der Waals surface area contributed by atoms with Gasteiger partial charge in [-0.1, -0.05) is 0 Å². The average molecular weight is 514 g/mol. The monoisotopic (exact) mass is 514 g/mol. The minimum absolute atomic E-state index is 0.219. The van der Waals surface area contributed by atoms with Crippen LogP contribution in [0.15, 0.2) is 56.4 Å². The quantitative estimate of drug-likeness (QED) is 0.108. The van der Waals surface area contributed by atoms with Crippen molar-refractivity contribution in [1.82, 2.24) is 0 Å². The number of nitrogens with zero attached hydrogens (tertiary/aromatic N) is 3. The Kier molecular flexibility index (Phi) is 7.67. The number of hydrogen-bond donors (Lipinski definition) is 3. The van der Waals surface area contributed by atoms with Gasteiger partial charge in [-0.2, -0.15) is 27.1 Å². The van der Waals surface area contributed by atoms with E-state index in [1.807, 2.05) is 0 Å². The fourth-order valence-electron chi connectivity index (χ4n) is 2.45. The SMILES string of the molecule is CC(=O)C(N=Nc1ccc([N+](=O)[O-])cc1S(=O)(=O)O)C(=O)Nc1cc(S(=O)(=O)O)ccc1C=O. The molecule has 3 N–H and O–H groups in total. The molecule has 0 radical (unpaired) electrons. The van der Waals surface area contributed by atoms with Crippen LogP contribution in [0.25, 0.3) is 0 Å². The summed E-state index contributed by atoms with van der Waals surface area (Å²) in [6.45, 7) is 0.915. The third-order valence-electron chi connectivity index (χ3n) is 4.05. The number of amides is 1. The number of carbonyl (C=O) groups excluding carboxylic acids is 3. The summed E-state index contributed by atoms with van der Waals surface area (Å²) in [5.74, 6) is -2.14. The zero-order valence-electron chi connectivity index (χ0n) is 16.8. The number of aldehydes is 1. The Morgan fingerprint density at radius 1 is 1.09 bits per heavy atom. The number of rotatable bonds is 9. The highest BCUT2D eigenvalue weighted by Gasteiger charge is 2.26. The van der Waals surface area contributed by atoms with Crippen molar-refractivity contribution >= 4 is 55.3 Å². The molecule has 17 heteroatoms. The van der Waals surface area contributed by atoms with Gasteiger partial charge >= 0.3 is 0 Å². The standard InChI is InChI=1S/C17H14N4O11S2/c1-9(23)16(17(24)18-14-7-12(33(27,28)29)4-2-10(14)8-22)20-19-13-5-3-11(21(25)26)6-15(13)34(30,31)32/h2-8,16H,1H3,(H,18,24)(H,27,28,29)(H,30,31,32). The van der Waals surface area contributed by atoms with E-state index in [-0.39, 0.29) is 11.8 Å². The first-order valence-corrected chi connectivity index (χ1v) is 11.6. The van der Waals surface area contributed by atoms with E-state index in [0.29, 0.717) is 6.07 Å². The highest BCUT2D eigenvalue weighted by Crippen LogP contribution is 2.29. The summed E-state index contributed by atoms with van der Waals surface area (Å²) in [6, 6.07) is 2.80. The lowest BCUT2D eigenvalue weighted by atomic mass is 10.1. The number of benzene rings is 2. The molecule has 0 saturated carbocycles. The van der Waals surface area contributed by atoms with E-state index in [0.717, 1.165) is 37.3 Å². The topological polar surface area (TPSA) is 240 Å². The third-order valence-corrected chi connectivity index (χ3v) is 5.79. The molecule has 1 amide bonds. The molecule has 34 heavy (non-hydrogen) atoms. The molecule has 15 nitrogen and oxygen atoms in total. The normalized spacial score (nSPS) is 12.8. The molecule has 1 unspecified atom stereocenters. The van der Waals surface area contributed by atoms with Crippen LogP contribution in [0, 0.1) is 10.1 Å². The van der Waals surface area contributed by atoms with Crippen LogP contribution in [-0.4, -0.2) is 54.9 Å². The lowest BCUT2D eigenvalue weighted by Crippen LogP contribution is -2.32. The summed E-state index contributed by atoms with van der Waals surface area (Å²) < 4.78 is 64.1. The molecule has 180 valence electrons. The maximum absolute atomic E-state index is 12.6. The highest BCUT2D eigenvalue weighted by atomic mass is 32.2. The van der Waals surface area contributed by atoms with Crippen LogP contribution in [-0.2, 0) is 29.8 Å². The lowest BCUT2D eigenvalue weighted by Gasteiger charge is -2.12. The lowest BCUT2D eigenvalue weighted by molar-refractivity contribution is -0.385. The van der Waals surface area contributed by atoms with E-state index in [1.54, 1.807) is 0 Å². The van der Waals surface area contributed by atoms with Gasteiger partial charge in [-0.05, 0) is 31.2 Å². The molecule has 2 aromatic rings. The van der Waals surface area contributed by atoms with Crippen molar-refractivity contribution in [3.05, 3.63) is 52.1 Å². The number of nitrogens with one attached hydrogen (secondary N) is 1. The summed E-state index contributed by atoms with van der Waals surface area (Å²) in [5, 5.41) is 19.8. The predicted octanol–water partition coefficient (Wildman–Crippen LogP) is 1.58. The van der Waals surface area contributed by atoms with Crippen LogP contribution in [0.1, 0.15) is 17.3 Å². The van der Waals surface area contributed by atoms with Crippen LogP contribution in [0.5, 0.6) is 0 Å². The van der Waals surface area contributed by atoms with Crippen LogP contribution >= 0.6 is 0 Å². The molecule has 2 aromatic carbocycles. The second-order valence-corrected chi connectivity index (χ2v) is 9.26. The molecular weight excluding hydrogens is 500 g/mol. The van der Waals surface area contributed by atoms with E-state index >= 15 is 0 Å². The van der Waals surface area contributed by atoms with Crippen molar-refractivity contribution in [1.29, 1.82) is 0 Å². The molecule has 0 spiro atoms. The van der Waals surface area contributed by atoms with Crippen LogP contribution in [0.2, 0.25) is 0 Å². The summed E-state index contributed by atoms with van der Waals surface area (Å²) in [5.41, 5.74) is -1.95. The van der Waals surface area contributed by atoms with Gasteiger partial charge in [0, 0.05) is 17.7 Å². The zero-order chi connectivity index (χ0) is 25.8. The molecule has 2 rings (SSSR count). The van der Waals surface area contributed by atoms with Gasteiger partial charge < -0.3 is 5.32 Å². The van der Waals surface area contributed by atoms with Crippen LogP contribution < -0.4 is 5.32 Å². The van der Waals surface area contributed by atoms with Crippen LogP contribution in [0.4, 0.5) is 17.1 Å². The smallest absolute Gasteiger partial charge is 0.297 e. The van der Waals surface area contributed by atoms with Gasteiger partial charge in [0.15, 0.2) is 12.1 Å². The van der Waals surface area contributed by atoms with Crippen molar-refractivity contribution in [3.63, 3.8) is 0 Å². The predicted molar refractivity (Wildman–Crippen MR) is 112 cm³/mol. The highest BCUT2D eigenvalue weighted by molar-refractivity contribution is 7.86. The maximum Gasteiger partial charge on any atom is 0.297 e. The Labute approximate surface area is 191 Å². The largest absolute Gasteiger partial charge is 0.323 e. The fourth-order valence-corrected chi connectivity index (χ4v) is 3.60. The van der Waals surface area contributed by atoms with E-state index in [2.05, 4.69) is 15.5 Å². The molecule has 0 aliphatic rings. The van der Waals surface area contributed by atoms with Gasteiger partial charge in [0.05, 0.1) is 15.5 Å². The number of carbonyl (C=O) groups is 3. The summed E-state index contributed by atoms with van der Waals surface area (Å²) in [6.07, 6.45) is 0.253. The van der Waals surface area contributed by atoms with Gasteiger partial charge in [0.1, 0.15) is 10.6 Å². The van der Waals surface area contributed by atoms with E-state index < -0.39 is 69.7 Å². The zero-order valence-corrected chi connectivity index (χ0v) is 18.5. The minimum Gasteiger partial charge on any atom is -0.323 e. The Balaban J connectivity index is 2.46. The summed E-state index contributed by atoms with van der Waals surface area (Å²) in [4.78, 5) is 43.9. The Hall–Kier alpha value is -3.93. The Morgan fingerprint density at radius 3 is 2.24 bits per heavy atom. The van der Waals surface area contributed by atoms with Gasteiger partial charge in [-0.15, -0.1) is 0 Å². The van der Waals surface area contributed by atoms with Crippen molar-refractivity contribution in [2.75, 3.05) is 5.32 Å². The first-order valence-electron chi connectivity index (χ1n) is 8.70. The van der Waals surface area contributed by atoms with E-state index in [1.165, 1.54) is 0 Å². The molecule has 1 atom stereocenters. The van der Waals surface area contributed by atoms with E-state index in [9.17, 15) is 45.9 Å². The number of hydrogen-bond acceptors (Lipinski definition) is 11. The molecule has 0 saturated heterocycles. The number of anilines is 1. The van der Waals surface area contributed by atoms with Gasteiger partial charge in [0.2, 0.25) is 6.04 Å². The summed E-state index contributed by atoms with van der Waals surface area (Å²) >= 11 is 0. The first kappa shape index (κ1) is 26.3. The van der Waals surface area contributed by atoms with E-state index in [4.69, 9.17) is 4.55 Å². The Morgan fingerprint density at radius 2 is 1.74 bits per heavy atom. The first-order chi connectivity index (χ1) is 15.6. The number of nitro groups is 1. The van der Waals surface area contributed by atoms with Gasteiger partial charge in [-0.25, -0.2) is 0 Å². The second kappa shape index (κ2) is 9.91. The molecule has 0 aromatic heterocycles. The molecule has 0 aliphatic carbocycles. The number of nitro benzene ring substituents is 1. The Bertz CT molecular complexity index is 1430. The molecule has 0 aliphatic heterocycles. The summed E-state index contributed by atoms with van der Waals surface area (Å²) in [7, 11) is -9.72. The third kappa shape index (κ3) is 6.32. The number of azo groups is 1. The number of ketones is 1. The van der Waals surface area contributed by atoms with Crippen molar-refractivity contribution < 1.29 is 45.2 Å². The molecule has 0 bridgehead atoms. The maximum atomic E-state index is 12.6. The average Bonchev–Trinajstić information content (AvgIpc) is 2.72. The molecule has 0 heterocycles.